The highest BCUT2D eigenvalue weighted by Crippen LogP contribution is 2.36. The van der Waals surface area contributed by atoms with Crippen molar-refractivity contribution in [3.63, 3.8) is 0 Å². The topological polar surface area (TPSA) is 66.5 Å². The molecule has 2 aliphatic rings. The van der Waals surface area contributed by atoms with Gasteiger partial charge in [0.05, 0.1) is 10.9 Å². The lowest BCUT2D eigenvalue weighted by Gasteiger charge is -2.26. The van der Waals surface area contributed by atoms with Crippen molar-refractivity contribution in [3.05, 3.63) is 59.7 Å². The van der Waals surface area contributed by atoms with Crippen molar-refractivity contribution in [2.24, 2.45) is 0 Å². The Kier molecular flexibility index (Phi) is 5.25. The molecule has 7 heteroatoms. The molecule has 27 heavy (non-hydrogen) atoms. The molecular formula is C20H22N2O3S2. The third-order valence-electron chi connectivity index (χ3n) is 5.08. The van der Waals surface area contributed by atoms with Crippen LogP contribution in [0.3, 0.4) is 0 Å². The van der Waals surface area contributed by atoms with Crippen LogP contribution >= 0.6 is 11.8 Å². The Balaban J connectivity index is 1.49. The number of hydrogen-bond donors (Lipinski definition) is 1. The van der Waals surface area contributed by atoms with E-state index in [1.807, 2.05) is 23.9 Å². The monoisotopic (exact) mass is 402 g/mol. The van der Waals surface area contributed by atoms with E-state index in [4.69, 9.17) is 0 Å². The Bertz CT molecular complexity index is 936. The summed E-state index contributed by atoms with van der Waals surface area (Å²) in [4.78, 5) is 14.1. The van der Waals surface area contributed by atoms with Gasteiger partial charge >= 0.3 is 0 Å². The van der Waals surface area contributed by atoms with Gasteiger partial charge in [0.2, 0.25) is 10.0 Å². The van der Waals surface area contributed by atoms with E-state index in [9.17, 15) is 13.2 Å². The second-order valence-electron chi connectivity index (χ2n) is 6.84. The Morgan fingerprint density at radius 3 is 2.48 bits per heavy atom. The standard InChI is InChI=1S/C20H22N2O3S2/c23-20(21-18-11-14-26-19-6-2-1-5-17(18)19)15-7-9-16(10-8-15)27(24,25)22-12-3-4-13-22/h1-2,5-10,18H,3-4,11-14H2,(H,21,23). The van der Waals surface area contributed by atoms with E-state index in [1.165, 1.54) is 21.3 Å². The minimum Gasteiger partial charge on any atom is -0.345 e. The van der Waals surface area contributed by atoms with E-state index >= 15 is 0 Å². The van der Waals surface area contributed by atoms with E-state index in [0.717, 1.165) is 30.6 Å². The molecule has 4 rings (SSSR count). The maximum Gasteiger partial charge on any atom is 0.251 e. The maximum absolute atomic E-state index is 12.7. The summed E-state index contributed by atoms with van der Waals surface area (Å²) in [6.45, 7) is 1.15. The van der Waals surface area contributed by atoms with Crippen LogP contribution in [0.25, 0.3) is 0 Å². The van der Waals surface area contributed by atoms with E-state index in [2.05, 4.69) is 17.4 Å². The molecule has 2 heterocycles. The molecule has 0 bridgehead atoms. The number of hydrogen-bond acceptors (Lipinski definition) is 4. The number of benzene rings is 2. The normalized spacial score (nSPS) is 20.2. The minimum absolute atomic E-state index is 0.0111. The molecule has 1 saturated heterocycles. The molecule has 0 aliphatic carbocycles. The first-order valence-electron chi connectivity index (χ1n) is 9.18. The highest BCUT2D eigenvalue weighted by molar-refractivity contribution is 7.99. The number of carbonyl (C=O) groups is 1. The molecule has 0 aromatic heterocycles. The predicted octanol–water partition coefficient (Wildman–Crippen LogP) is 3.44. The molecule has 2 aromatic carbocycles. The van der Waals surface area contributed by atoms with Crippen LogP contribution < -0.4 is 5.32 Å². The number of rotatable bonds is 4. The van der Waals surface area contributed by atoms with Crippen molar-refractivity contribution in [1.82, 2.24) is 9.62 Å². The number of sulfonamides is 1. The number of thioether (sulfide) groups is 1. The van der Waals surface area contributed by atoms with Crippen LogP contribution in [-0.2, 0) is 10.0 Å². The van der Waals surface area contributed by atoms with Crippen molar-refractivity contribution in [2.75, 3.05) is 18.8 Å². The summed E-state index contributed by atoms with van der Waals surface area (Å²) < 4.78 is 26.7. The molecule has 2 aliphatic heterocycles. The van der Waals surface area contributed by atoms with Gasteiger partial charge in [-0.05, 0) is 55.2 Å². The van der Waals surface area contributed by atoms with Crippen molar-refractivity contribution >= 4 is 27.7 Å². The lowest BCUT2D eigenvalue weighted by Crippen LogP contribution is -2.31. The zero-order valence-electron chi connectivity index (χ0n) is 14.9. The first-order chi connectivity index (χ1) is 13.1. The van der Waals surface area contributed by atoms with Crippen LogP contribution in [0.5, 0.6) is 0 Å². The number of fused-ring (bicyclic) bond motifs is 1. The van der Waals surface area contributed by atoms with Gasteiger partial charge in [-0.3, -0.25) is 4.79 Å². The lowest BCUT2D eigenvalue weighted by molar-refractivity contribution is 0.0935. The highest BCUT2D eigenvalue weighted by atomic mass is 32.2. The maximum atomic E-state index is 12.7. The van der Waals surface area contributed by atoms with Gasteiger partial charge in [0.25, 0.3) is 5.91 Å². The lowest BCUT2D eigenvalue weighted by atomic mass is 10.0. The zero-order valence-corrected chi connectivity index (χ0v) is 16.6. The molecular weight excluding hydrogens is 380 g/mol. The molecule has 0 spiro atoms. The summed E-state index contributed by atoms with van der Waals surface area (Å²) in [6, 6.07) is 14.4. The Hall–Kier alpha value is -1.83. The average Bonchev–Trinajstić information content (AvgIpc) is 3.24. The molecule has 1 N–H and O–H groups in total. The second kappa shape index (κ2) is 7.66. The van der Waals surface area contributed by atoms with E-state index in [0.29, 0.717) is 18.7 Å². The van der Waals surface area contributed by atoms with Gasteiger partial charge in [0.1, 0.15) is 0 Å². The van der Waals surface area contributed by atoms with Crippen molar-refractivity contribution in [2.45, 2.75) is 35.1 Å². The van der Waals surface area contributed by atoms with Gasteiger partial charge in [-0.1, -0.05) is 18.2 Å². The molecule has 1 fully saturated rings. The molecule has 0 saturated carbocycles. The van der Waals surface area contributed by atoms with Gasteiger partial charge in [-0.25, -0.2) is 8.42 Å². The van der Waals surface area contributed by atoms with Gasteiger partial charge in [-0.15, -0.1) is 11.8 Å². The van der Waals surface area contributed by atoms with E-state index in [1.54, 1.807) is 12.1 Å². The van der Waals surface area contributed by atoms with Gasteiger partial charge in [-0.2, -0.15) is 4.31 Å². The van der Waals surface area contributed by atoms with Crippen molar-refractivity contribution in [3.8, 4) is 0 Å². The second-order valence-corrected chi connectivity index (χ2v) is 9.91. The Morgan fingerprint density at radius 1 is 1.04 bits per heavy atom. The van der Waals surface area contributed by atoms with Crippen LogP contribution in [0.1, 0.15) is 41.2 Å². The van der Waals surface area contributed by atoms with E-state index < -0.39 is 10.0 Å². The zero-order chi connectivity index (χ0) is 18.9. The van der Waals surface area contributed by atoms with E-state index in [-0.39, 0.29) is 16.8 Å². The molecule has 2 aromatic rings. The smallest absolute Gasteiger partial charge is 0.251 e. The molecule has 5 nitrogen and oxygen atoms in total. The van der Waals surface area contributed by atoms with Gasteiger partial charge < -0.3 is 5.32 Å². The third-order valence-corrected chi connectivity index (χ3v) is 8.12. The Labute approximate surface area is 164 Å². The fraction of sp³-hybridized carbons (Fsp3) is 0.350. The van der Waals surface area contributed by atoms with Crippen LogP contribution in [0.2, 0.25) is 0 Å². The highest BCUT2D eigenvalue weighted by Gasteiger charge is 2.27. The first-order valence-corrected chi connectivity index (χ1v) is 11.6. The van der Waals surface area contributed by atoms with Crippen molar-refractivity contribution in [1.29, 1.82) is 0 Å². The first kappa shape index (κ1) is 18.5. The quantitative estimate of drug-likeness (QED) is 0.851. The largest absolute Gasteiger partial charge is 0.345 e. The van der Waals surface area contributed by atoms with Crippen LogP contribution in [0.4, 0.5) is 0 Å². The number of carbonyl (C=O) groups excluding carboxylic acids is 1. The van der Waals surface area contributed by atoms with Gasteiger partial charge in [0, 0.05) is 29.3 Å². The molecule has 1 atom stereocenters. The summed E-state index contributed by atoms with van der Waals surface area (Å²) in [7, 11) is -3.45. The minimum atomic E-state index is -3.45. The third kappa shape index (κ3) is 3.77. The summed E-state index contributed by atoms with van der Waals surface area (Å²) >= 11 is 1.81. The SMILES string of the molecule is O=C(NC1CCSc2ccccc21)c1ccc(S(=O)(=O)N2CCCC2)cc1. The summed E-state index contributed by atoms with van der Waals surface area (Å²) in [5, 5.41) is 3.09. The fourth-order valence-corrected chi connectivity index (χ4v) is 6.23. The van der Waals surface area contributed by atoms with Crippen molar-refractivity contribution < 1.29 is 13.2 Å². The van der Waals surface area contributed by atoms with Crippen LogP contribution in [-0.4, -0.2) is 37.5 Å². The summed E-state index contributed by atoms with van der Waals surface area (Å²) in [6.07, 6.45) is 2.69. The molecule has 142 valence electrons. The molecule has 0 radical (unpaired) electrons. The molecule has 1 unspecified atom stereocenters. The van der Waals surface area contributed by atoms with Gasteiger partial charge in [0.15, 0.2) is 0 Å². The molecule has 1 amide bonds. The van der Waals surface area contributed by atoms with Crippen LogP contribution in [0.15, 0.2) is 58.3 Å². The predicted molar refractivity (Wildman–Crippen MR) is 106 cm³/mol. The summed E-state index contributed by atoms with van der Waals surface area (Å²) in [5.74, 6) is 0.793. The van der Waals surface area contributed by atoms with Crippen LogP contribution in [0, 0.1) is 0 Å². The fourth-order valence-electron chi connectivity index (χ4n) is 3.59. The average molecular weight is 403 g/mol. The number of nitrogens with zero attached hydrogens (tertiary/aromatic N) is 1. The number of nitrogens with one attached hydrogen (secondary N) is 1. The number of amides is 1. The summed E-state index contributed by atoms with van der Waals surface area (Å²) in [5.41, 5.74) is 1.63. The Morgan fingerprint density at radius 2 is 1.74 bits per heavy atom.